The molecule has 1 aliphatic rings. The number of carbonyl (C=O) groups is 1. The Balaban J connectivity index is 1.63. The summed E-state index contributed by atoms with van der Waals surface area (Å²) in [6.45, 7) is 3.96. The molecule has 0 unspecified atom stereocenters. The molecule has 1 aromatic carbocycles. The zero-order valence-electron chi connectivity index (χ0n) is 16.2. The van der Waals surface area contributed by atoms with Crippen LogP contribution >= 0.6 is 11.3 Å². The maximum absolute atomic E-state index is 13.2. The second-order valence-electron chi connectivity index (χ2n) is 7.38. The summed E-state index contributed by atoms with van der Waals surface area (Å²) in [5.41, 5.74) is 1.66. The van der Waals surface area contributed by atoms with Gasteiger partial charge in [-0.1, -0.05) is 6.92 Å². The Hall–Kier alpha value is -2.67. The molecule has 7 heteroatoms. The first-order chi connectivity index (χ1) is 13.5. The largest absolute Gasteiger partial charge is 0.497 e. The number of nitrogens with zero attached hydrogens (tertiary/aromatic N) is 2. The van der Waals surface area contributed by atoms with Crippen LogP contribution in [0.15, 0.2) is 35.4 Å². The van der Waals surface area contributed by atoms with Crippen LogP contribution in [-0.2, 0) is 17.6 Å². The Morgan fingerprint density at radius 2 is 2.11 bits per heavy atom. The van der Waals surface area contributed by atoms with Crippen molar-refractivity contribution in [2.75, 3.05) is 12.4 Å². The zero-order chi connectivity index (χ0) is 19.8. The molecule has 6 nitrogen and oxygen atoms in total. The van der Waals surface area contributed by atoms with Gasteiger partial charge in [0, 0.05) is 10.6 Å². The fourth-order valence-corrected chi connectivity index (χ4v) is 5.01. The quantitative estimate of drug-likeness (QED) is 0.727. The smallest absolute Gasteiger partial charge is 0.263 e. The summed E-state index contributed by atoms with van der Waals surface area (Å²) >= 11 is 1.62. The van der Waals surface area contributed by atoms with Crippen molar-refractivity contribution in [2.24, 2.45) is 5.92 Å². The van der Waals surface area contributed by atoms with Crippen molar-refractivity contribution in [2.45, 2.75) is 39.2 Å². The van der Waals surface area contributed by atoms with Crippen LogP contribution in [-0.4, -0.2) is 22.6 Å². The van der Waals surface area contributed by atoms with E-state index in [4.69, 9.17) is 4.74 Å². The zero-order valence-corrected chi connectivity index (χ0v) is 17.0. The lowest BCUT2D eigenvalue weighted by Gasteiger charge is -2.18. The van der Waals surface area contributed by atoms with Gasteiger partial charge in [-0.3, -0.25) is 14.2 Å². The maximum atomic E-state index is 13.2. The molecule has 2 atom stereocenters. The number of thiophene rings is 1. The monoisotopic (exact) mass is 397 g/mol. The molecule has 4 rings (SSSR count). The van der Waals surface area contributed by atoms with Crippen molar-refractivity contribution in [3.8, 4) is 5.75 Å². The summed E-state index contributed by atoms with van der Waals surface area (Å²) in [5.74, 6) is 1.09. The van der Waals surface area contributed by atoms with Crippen molar-refractivity contribution >= 4 is 33.1 Å². The first-order valence-corrected chi connectivity index (χ1v) is 10.3. The first kappa shape index (κ1) is 18.7. The number of hydrogen-bond acceptors (Lipinski definition) is 5. The van der Waals surface area contributed by atoms with E-state index in [2.05, 4.69) is 17.2 Å². The number of fused-ring (bicyclic) bond motifs is 3. The topological polar surface area (TPSA) is 73.2 Å². The summed E-state index contributed by atoms with van der Waals surface area (Å²) < 4.78 is 6.56. The highest BCUT2D eigenvalue weighted by atomic mass is 32.1. The molecule has 1 aliphatic carbocycles. The van der Waals surface area contributed by atoms with E-state index in [0.717, 1.165) is 29.7 Å². The molecule has 2 aromatic heterocycles. The minimum absolute atomic E-state index is 0.130. The minimum atomic E-state index is -0.662. The number of methoxy groups -OCH3 is 1. The summed E-state index contributed by atoms with van der Waals surface area (Å²) in [4.78, 5) is 32.4. The average molecular weight is 398 g/mol. The molecule has 0 saturated carbocycles. The van der Waals surface area contributed by atoms with Gasteiger partial charge >= 0.3 is 0 Å². The molecular formula is C21H23N3O3S. The van der Waals surface area contributed by atoms with E-state index in [1.54, 1.807) is 49.6 Å². The van der Waals surface area contributed by atoms with E-state index in [0.29, 0.717) is 22.7 Å². The van der Waals surface area contributed by atoms with Gasteiger partial charge in [0.1, 0.15) is 16.6 Å². The molecule has 0 saturated heterocycles. The van der Waals surface area contributed by atoms with Crippen LogP contribution in [0.4, 0.5) is 5.69 Å². The lowest BCUT2D eigenvalue weighted by molar-refractivity contribution is -0.118. The Bertz CT molecular complexity index is 1080. The van der Waals surface area contributed by atoms with E-state index in [-0.39, 0.29) is 11.5 Å². The van der Waals surface area contributed by atoms with Crippen molar-refractivity contribution in [1.29, 1.82) is 0 Å². The highest BCUT2D eigenvalue weighted by Crippen LogP contribution is 2.35. The Kier molecular flexibility index (Phi) is 4.93. The Labute approximate surface area is 167 Å². The summed E-state index contributed by atoms with van der Waals surface area (Å²) in [7, 11) is 1.59. The molecule has 1 amide bonds. The molecular weight excluding hydrogens is 374 g/mol. The van der Waals surface area contributed by atoms with Crippen LogP contribution in [0.3, 0.4) is 0 Å². The lowest BCUT2D eigenvalue weighted by atomic mass is 9.89. The van der Waals surface area contributed by atoms with Gasteiger partial charge in [-0.15, -0.1) is 11.3 Å². The molecule has 28 heavy (non-hydrogen) atoms. The van der Waals surface area contributed by atoms with E-state index in [1.807, 2.05) is 0 Å². The molecule has 1 N–H and O–H groups in total. The third-order valence-corrected chi connectivity index (χ3v) is 6.56. The average Bonchev–Trinajstić information content (AvgIpc) is 3.06. The molecule has 0 bridgehead atoms. The second-order valence-corrected chi connectivity index (χ2v) is 8.47. The third kappa shape index (κ3) is 3.30. The number of aromatic nitrogens is 2. The van der Waals surface area contributed by atoms with Gasteiger partial charge in [-0.05, 0) is 61.9 Å². The van der Waals surface area contributed by atoms with Gasteiger partial charge in [-0.25, -0.2) is 4.98 Å². The van der Waals surface area contributed by atoms with Crippen molar-refractivity contribution < 1.29 is 9.53 Å². The van der Waals surface area contributed by atoms with Crippen molar-refractivity contribution in [3.05, 3.63) is 51.4 Å². The fourth-order valence-electron chi connectivity index (χ4n) is 3.67. The number of aryl methyl sites for hydroxylation is 1. The number of ether oxygens (including phenoxy) is 1. The van der Waals surface area contributed by atoms with Gasteiger partial charge < -0.3 is 10.1 Å². The highest BCUT2D eigenvalue weighted by molar-refractivity contribution is 7.18. The van der Waals surface area contributed by atoms with Crippen LogP contribution < -0.4 is 15.6 Å². The summed E-state index contributed by atoms with van der Waals surface area (Å²) in [6.07, 6.45) is 4.49. The van der Waals surface area contributed by atoms with E-state index in [9.17, 15) is 9.59 Å². The van der Waals surface area contributed by atoms with E-state index >= 15 is 0 Å². The van der Waals surface area contributed by atoms with Crippen LogP contribution in [0.5, 0.6) is 5.75 Å². The third-order valence-electron chi connectivity index (χ3n) is 5.40. The van der Waals surface area contributed by atoms with Gasteiger partial charge in [0.2, 0.25) is 5.91 Å². The fraction of sp³-hybridized carbons (Fsp3) is 0.381. The second kappa shape index (κ2) is 7.39. The molecule has 146 valence electrons. The number of amides is 1. The Morgan fingerprint density at radius 1 is 1.36 bits per heavy atom. The maximum Gasteiger partial charge on any atom is 0.263 e. The lowest BCUT2D eigenvalue weighted by Crippen LogP contribution is -2.32. The predicted octanol–water partition coefficient (Wildman–Crippen LogP) is 3.79. The molecule has 3 aromatic rings. The highest BCUT2D eigenvalue weighted by Gasteiger charge is 2.25. The number of nitrogens with one attached hydrogen (secondary N) is 1. The first-order valence-electron chi connectivity index (χ1n) is 9.44. The van der Waals surface area contributed by atoms with Crippen molar-refractivity contribution in [3.63, 3.8) is 0 Å². The van der Waals surface area contributed by atoms with Gasteiger partial charge in [0.05, 0.1) is 18.8 Å². The number of rotatable bonds is 4. The Morgan fingerprint density at radius 3 is 2.82 bits per heavy atom. The number of carbonyl (C=O) groups excluding carboxylic acids is 1. The van der Waals surface area contributed by atoms with Crippen LogP contribution in [0.1, 0.15) is 36.8 Å². The van der Waals surface area contributed by atoms with Gasteiger partial charge in [0.25, 0.3) is 5.56 Å². The molecule has 0 aliphatic heterocycles. The molecule has 0 radical (unpaired) electrons. The van der Waals surface area contributed by atoms with Gasteiger partial charge in [0.15, 0.2) is 0 Å². The molecule has 2 heterocycles. The van der Waals surface area contributed by atoms with Crippen LogP contribution in [0, 0.1) is 5.92 Å². The SMILES string of the molecule is COc1ccc(NC(=O)[C@H](C)n2cnc3sc4c(c3c2=O)CC[C@H](C)C4)cc1. The number of benzene rings is 1. The van der Waals surface area contributed by atoms with Gasteiger partial charge in [-0.2, -0.15) is 0 Å². The predicted molar refractivity (Wildman–Crippen MR) is 111 cm³/mol. The number of hydrogen-bond donors (Lipinski definition) is 1. The standard InChI is InChI=1S/C21H23N3O3S/c1-12-4-9-16-17(10-12)28-20-18(16)21(26)24(11-22-20)13(2)19(25)23-14-5-7-15(27-3)8-6-14/h5-8,11-13H,4,9-10H2,1-3H3,(H,23,25)/t12-,13-/m0/s1. The van der Waals surface area contributed by atoms with E-state index < -0.39 is 6.04 Å². The van der Waals surface area contributed by atoms with Crippen molar-refractivity contribution in [1.82, 2.24) is 9.55 Å². The summed E-state index contributed by atoms with van der Waals surface area (Å²) in [5, 5.41) is 3.54. The molecule has 0 spiro atoms. The number of anilines is 1. The van der Waals surface area contributed by atoms with E-state index in [1.165, 1.54) is 15.8 Å². The minimum Gasteiger partial charge on any atom is -0.497 e. The summed E-state index contributed by atoms with van der Waals surface area (Å²) in [6, 6.07) is 6.43. The normalized spacial score (nSPS) is 17.2. The van der Waals surface area contributed by atoms with Crippen LogP contribution in [0.2, 0.25) is 0 Å². The molecule has 0 fully saturated rings. The van der Waals surface area contributed by atoms with Crippen LogP contribution in [0.25, 0.3) is 10.2 Å².